The lowest BCUT2D eigenvalue weighted by Gasteiger charge is -2.40. The number of aliphatic hydroxyl groups excluding tert-OH is 7. The molecule has 1 aliphatic heterocycles. The molecule has 1 fully saturated rings. The molecule has 9 atom stereocenters. The number of amides is 1. The predicted molar refractivity (Wildman–Crippen MR) is 192 cm³/mol. The fraction of sp³-hybridized carbons (Fsp3) is 0.868. The van der Waals surface area contributed by atoms with Gasteiger partial charge in [-0.05, 0) is 38.5 Å². The Labute approximate surface area is 295 Å². The number of unbranched alkanes of at least 4 members (excludes halogenated alkanes) is 15. The molecule has 1 saturated heterocycles. The first-order valence-corrected chi connectivity index (χ1v) is 19.3. The summed E-state index contributed by atoms with van der Waals surface area (Å²) in [7, 11) is 0. The first-order chi connectivity index (χ1) is 23.7. The molecule has 0 aromatic heterocycles. The largest absolute Gasteiger partial charge is 0.394 e. The van der Waals surface area contributed by atoms with Crippen LogP contribution in [0.25, 0.3) is 0 Å². The summed E-state index contributed by atoms with van der Waals surface area (Å²) in [5.41, 5.74) is 0. The van der Waals surface area contributed by atoms with E-state index in [1.807, 2.05) is 0 Å². The fourth-order valence-electron chi connectivity index (χ4n) is 5.96. The molecule has 0 spiro atoms. The standard InChI is InChI=1S/C38H71NO10/c1-3-5-7-9-11-13-14-15-16-17-18-20-22-24-26-31(42)37(47)39-29(28-48-38-36(46)35(45)34(44)32(27-40)49-38)33(43)30(41)25-23-21-19-12-10-8-6-4-2/h11,13-15,29-36,38,40-46H,3-10,12,16-28H2,1-2H3,(H,39,47)/b13-11-,15-14-. The molecule has 0 aliphatic carbocycles. The second-order valence-corrected chi connectivity index (χ2v) is 13.7. The van der Waals surface area contributed by atoms with Gasteiger partial charge in [0.25, 0.3) is 0 Å². The maximum absolute atomic E-state index is 13.0. The number of hydrogen-bond acceptors (Lipinski definition) is 10. The van der Waals surface area contributed by atoms with Gasteiger partial charge in [0.1, 0.15) is 36.6 Å². The van der Waals surface area contributed by atoms with E-state index in [0.29, 0.717) is 19.3 Å². The molecule has 0 aromatic carbocycles. The van der Waals surface area contributed by atoms with Crippen LogP contribution in [-0.2, 0) is 14.3 Å². The normalized spacial score (nSPS) is 24.0. The van der Waals surface area contributed by atoms with E-state index in [1.165, 1.54) is 44.9 Å². The van der Waals surface area contributed by atoms with Gasteiger partial charge in [0, 0.05) is 0 Å². The molecule has 0 aromatic rings. The fourth-order valence-corrected chi connectivity index (χ4v) is 5.96. The summed E-state index contributed by atoms with van der Waals surface area (Å²) in [6.45, 7) is 3.32. The van der Waals surface area contributed by atoms with E-state index in [2.05, 4.69) is 43.5 Å². The minimum atomic E-state index is -1.66. The van der Waals surface area contributed by atoms with E-state index >= 15 is 0 Å². The summed E-state index contributed by atoms with van der Waals surface area (Å²) in [4.78, 5) is 13.0. The van der Waals surface area contributed by atoms with Crippen LogP contribution in [0.15, 0.2) is 24.3 Å². The molecule has 1 amide bonds. The highest BCUT2D eigenvalue weighted by Crippen LogP contribution is 2.23. The second-order valence-electron chi connectivity index (χ2n) is 13.7. The van der Waals surface area contributed by atoms with Gasteiger partial charge in [-0.3, -0.25) is 4.79 Å². The van der Waals surface area contributed by atoms with Gasteiger partial charge in [0.2, 0.25) is 5.91 Å². The van der Waals surface area contributed by atoms with Crippen LogP contribution in [0, 0.1) is 0 Å². The molecule has 11 nitrogen and oxygen atoms in total. The summed E-state index contributed by atoms with van der Waals surface area (Å²) < 4.78 is 11.0. The van der Waals surface area contributed by atoms with E-state index in [0.717, 1.165) is 57.8 Å². The smallest absolute Gasteiger partial charge is 0.249 e. The Kier molecular flexibility index (Phi) is 27.2. The van der Waals surface area contributed by atoms with E-state index in [1.54, 1.807) is 0 Å². The third kappa shape index (κ3) is 20.3. The van der Waals surface area contributed by atoms with E-state index in [-0.39, 0.29) is 6.42 Å². The van der Waals surface area contributed by atoms with Crippen LogP contribution in [0.2, 0.25) is 0 Å². The molecule has 49 heavy (non-hydrogen) atoms. The summed E-state index contributed by atoms with van der Waals surface area (Å²) >= 11 is 0. The van der Waals surface area contributed by atoms with Crippen LogP contribution in [0.4, 0.5) is 0 Å². The average molecular weight is 702 g/mol. The number of carbonyl (C=O) groups excluding carboxylic acids is 1. The number of hydrogen-bond donors (Lipinski definition) is 8. The van der Waals surface area contributed by atoms with Crippen LogP contribution in [0.1, 0.15) is 142 Å². The summed E-state index contributed by atoms with van der Waals surface area (Å²) in [5, 5.41) is 75.0. The Morgan fingerprint density at radius 3 is 1.82 bits per heavy atom. The van der Waals surface area contributed by atoms with Crippen molar-refractivity contribution in [3.63, 3.8) is 0 Å². The van der Waals surface area contributed by atoms with Crippen LogP contribution in [0.3, 0.4) is 0 Å². The predicted octanol–water partition coefficient (Wildman–Crippen LogP) is 4.32. The maximum atomic E-state index is 13.0. The number of allylic oxidation sites excluding steroid dienone is 4. The Bertz CT molecular complexity index is 856. The van der Waals surface area contributed by atoms with Gasteiger partial charge in [-0.15, -0.1) is 0 Å². The highest BCUT2D eigenvalue weighted by Gasteiger charge is 2.44. The summed E-state index contributed by atoms with van der Waals surface area (Å²) in [5.74, 6) is -0.714. The average Bonchev–Trinajstić information content (AvgIpc) is 3.10. The molecule has 0 saturated carbocycles. The van der Waals surface area contributed by atoms with E-state index in [4.69, 9.17) is 9.47 Å². The monoisotopic (exact) mass is 702 g/mol. The topological polar surface area (TPSA) is 189 Å². The molecule has 0 radical (unpaired) electrons. The number of carbonyl (C=O) groups is 1. The molecule has 1 aliphatic rings. The van der Waals surface area contributed by atoms with Crippen molar-refractivity contribution in [2.24, 2.45) is 0 Å². The summed E-state index contributed by atoms with van der Waals surface area (Å²) in [6.07, 6.45) is 16.8. The lowest BCUT2D eigenvalue weighted by atomic mass is 9.98. The van der Waals surface area contributed by atoms with Crippen molar-refractivity contribution in [2.45, 2.75) is 197 Å². The first-order valence-electron chi connectivity index (χ1n) is 19.3. The number of rotatable bonds is 30. The summed E-state index contributed by atoms with van der Waals surface area (Å²) in [6, 6.07) is -1.17. The zero-order valence-corrected chi connectivity index (χ0v) is 30.4. The molecule has 1 rings (SSSR count). The van der Waals surface area contributed by atoms with Crippen LogP contribution < -0.4 is 5.32 Å². The molecule has 8 N–H and O–H groups in total. The number of aliphatic hydroxyl groups is 7. The van der Waals surface area contributed by atoms with Crippen LogP contribution in [-0.4, -0.2) is 110 Å². The first kappa shape index (κ1) is 45.6. The van der Waals surface area contributed by atoms with Gasteiger partial charge in [-0.2, -0.15) is 0 Å². The zero-order chi connectivity index (χ0) is 36.3. The quantitative estimate of drug-likeness (QED) is 0.0396. The molecule has 1 heterocycles. The van der Waals surface area contributed by atoms with Gasteiger partial charge in [-0.1, -0.05) is 128 Å². The lowest BCUT2D eigenvalue weighted by Crippen LogP contribution is -2.60. The van der Waals surface area contributed by atoms with E-state index in [9.17, 15) is 40.5 Å². The SMILES string of the molecule is CCCCC/C=C\C=C/CCCCCCCC(O)C(=O)NC(COC1OC(CO)C(O)C(O)C1O)C(O)C(O)CCCCCCCCCC. The molecule has 11 heteroatoms. The molecular weight excluding hydrogens is 630 g/mol. The van der Waals surface area contributed by atoms with Crippen LogP contribution in [0.5, 0.6) is 0 Å². The Balaban J connectivity index is 2.57. The second kappa shape index (κ2) is 29.2. The maximum Gasteiger partial charge on any atom is 0.249 e. The van der Waals surface area contributed by atoms with Crippen molar-refractivity contribution in [2.75, 3.05) is 13.2 Å². The van der Waals surface area contributed by atoms with E-state index < -0.39 is 74.2 Å². The third-order valence-electron chi connectivity index (χ3n) is 9.28. The van der Waals surface area contributed by atoms with Crippen molar-refractivity contribution in [1.29, 1.82) is 0 Å². The molecule has 0 bridgehead atoms. The Hall–Kier alpha value is -1.41. The lowest BCUT2D eigenvalue weighted by molar-refractivity contribution is -0.303. The Morgan fingerprint density at radius 1 is 0.714 bits per heavy atom. The number of nitrogens with one attached hydrogen (secondary N) is 1. The van der Waals surface area contributed by atoms with Gasteiger partial charge >= 0.3 is 0 Å². The van der Waals surface area contributed by atoms with Gasteiger partial charge in [-0.25, -0.2) is 0 Å². The molecular formula is C38H71NO10. The van der Waals surface area contributed by atoms with Crippen molar-refractivity contribution in [3.8, 4) is 0 Å². The minimum Gasteiger partial charge on any atom is -0.394 e. The van der Waals surface area contributed by atoms with Crippen molar-refractivity contribution >= 4 is 5.91 Å². The van der Waals surface area contributed by atoms with Crippen LogP contribution >= 0.6 is 0 Å². The highest BCUT2D eigenvalue weighted by atomic mass is 16.7. The molecule has 9 unspecified atom stereocenters. The third-order valence-corrected chi connectivity index (χ3v) is 9.28. The highest BCUT2D eigenvalue weighted by molar-refractivity contribution is 5.80. The Morgan fingerprint density at radius 2 is 1.22 bits per heavy atom. The van der Waals surface area contributed by atoms with Crippen molar-refractivity contribution < 1.29 is 50.0 Å². The molecule has 288 valence electrons. The van der Waals surface area contributed by atoms with Gasteiger partial charge in [0.05, 0.1) is 25.4 Å². The van der Waals surface area contributed by atoms with Gasteiger partial charge < -0.3 is 50.5 Å². The van der Waals surface area contributed by atoms with Crippen molar-refractivity contribution in [1.82, 2.24) is 5.32 Å². The minimum absolute atomic E-state index is 0.242. The number of ether oxygens (including phenoxy) is 2. The zero-order valence-electron chi connectivity index (χ0n) is 30.4. The van der Waals surface area contributed by atoms with Crippen molar-refractivity contribution in [3.05, 3.63) is 24.3 Å². The van der Waals surface area contributed by atoms with Gasteiger partial charge in [0.15, 0.2) is 6.29 Å².